The van der Waals surface area contributed by atoms with E-state index in [2.05, 4.69) is 16.6 Å². The van der Waals surface area contributed by atoms with Crippen LogP contribution < -0.4 is 10.6 Å². The summed E-state index contributed by atoms with van der Waals surface area (Å²) >= 11 is 12.6. The minimum Gasteiger partial charge on any atom is -0.348 e. The molecule has 0 aromatic heterocycles. The number of piperidine rings is 1. The van der Waals surface area contributed by atoms with E-state index in [0.717, 1.165) is 22.3 Å². The number of hydrogen-bond donors (Lipinski definition) is 2. The third kappa shape index (κ3) is 3.31. The molecule has 2 N–H and O–H groups in total. The van der Waals surface area contributed by atoms with Gasteiger partial charge in [0, 0.05) is 33.6 Å². The number of rotatable bonds is 2. The van der Waals surface area contributed by atoms with Gasteiger partial charge in [0.05, 0.1) is 6.04 Å². The predicted octanol–water partition coefficient (Wildman–Crippen LogP) is 5.52. The molecule has 1 spiro atoms. The van der Waals surface area contributed by atoms with Gasteiger partial charge in [0.2, 0.25) is 11.8 Å². The largest absolute Gasteiger partial charge is 0.348 e. The Morgan fingerprint density at radius 3 is 2.58 bits per heavy atom. The van der Waals surface area contributed by atoms with E-state index in [4.69, 9.17) is 29.6 Å². The maximum Gasteiger partial charge on any atom is 0.238 e. The molecule has 6 heteroatoms. The van der Waals surface area contributed by atoms with Crippen molar-refractivity contribution in [3.8, 4) is 12.3 Å². The van der Waals surface area contributed by atoms with Gasteiger partial charge in [-0.25, -0.2) is 0 Å². The highest BCUT2D eigenvalue weighted by atomic mass is 35.5. The molecular formula is C27H20Cl2N2O2. The van der Waals surface area contributed by atoms with E-state index in [1.807, 2.05) is 49.4 Å². The second-order valence-electron chi connectivity index (χ2n) is 8.54. The molecule has 1 fully saturated rings. The number of benzene rings is 3. The summed E-state index contributed by atoms with van der Waals surface area (Å²) < 4.78 is 0. The summed E-state index contributed by atoms with van der Waals surface area (Å²) in [6.07, 6.45) is 5.82. The highest BCUT2D eigenvalue weighted by Gasteiger charge is 2.61. The van der Waals surface area contributed by atoms with Gasteiger partial charge in [-0.2, -0.15) is 0 Å². The Morgan fingerprint density at radius 2 is 1.82 bits per heavy atom. The fourth-order valence-corrected chi connectivity index (χ4v) is 5.68. The molecule has 2 aliphatic rings. The second kappa shape index (κ2) is 7.95. The normalized spacial score (nSPS) is 23.6. The van der Waals surface area contributed by atoms with Crippen LogP contribution >= 0.6 is 23.2 Å². The van der Waals surface area contributed by atoms with Crippen molar-refractivity contribution in [1.82, 2.24) is 5.32 Å². The molecule has 3 unspecified atom stereocenters. The van der Waals surface area contributed by atoms with Gasteiger partial charge in [0.15, 0.2) is 0 Å². The molecule has 2 heterocycles. The van der Waals surface area contributed by atoms with Crippen LogP contribution in [0.2, 0.25) is 10.0 Å². The van der Waals surface area contributed by atoms with E-state index in [1.54, 1.807) is 18.2 Å². The van der Waals surface area contributed by atoms with Crippen LogP contribution in [0.15, 0.2) is 60.7 Å². The lowest BCUT2D eigenvalue weighted by Gasteiger charge is -2.46. The molecule has 164 valence electrons. The van der Waals surface area contributed by atoms with Crippen LogP contribution in [0.5, 0.6) is 0 Å². The number of hydrogen-bond acceptors (Lipinski definition) is 2. The first-order valence-electron chi connectivity index (χ1n) is 10.6. The average molecular weight is 475 g/mol. The minimum atomic E-state index is -1.11. The van der Waals surface area contributed by atoms with Crippen molar-refractivity contribution >= 4 is 40.7 Å². The van der Waals surface area contributed by atoms with E-state index < -0.39 is 17.4 Å². The van der Waals surface area contributed by atoms with Gasteiger partial charge >= 0.3 is 0 Å². The molecule has 3 atom stereocenters. The summed E-state index contributed by atoms with van der Waals surface area (Å²) in [4.78, 5) is 27.0. The maximum atomic E-state index is 14.0. The Morgan fingerprint density at radius 1 is 1.03 bits per heavy atom. The molecule has 0 bridgehead atoms. The number of anilines is 1. The topological polar surface area (TPSA) is 58.2 Å². The predicted molar refractivity (Wildman–Crippen MR) is 131 cm³/mol. The number of fused-ring (bicyclic) bond motifs is 2. The number of aryl methyl sites for hydroxylation is 1. The van der Waals surface area contributed by atoms with Gasteiger partial charge in [-0.1, -0.05) is 53.4 Å². The molecule has 2 amide bonds. The van der Waals surface area contributed by atoms with Gasteiger partial charge in [-0.3, -0.25) is 9.59 Å². The van der Waals surface area contributed by atoms with Crippen molar-refractivity contribution in [3.63, 3.8) is 0 Å². The molecule has 0 aliphatic carbocycles. The Kier molecular flexibility index (Phi) is 5.20. The highest BCUT2D eigenvalue weighted by Crippen LogP contribution is 2.57. The summed E-state index contributed by atoms with van der Waals surface area (Å²) in [5.41, 5.74) is 3.56. The van der Waals surface area contributed by atoms with E-state index in [1.165, 1.54) is 0 Å². The quantitative estimate of drug-likeness (QED) is 0.480. The van der Waals surface area contributed by atoms with Gasteiger partial charge < -0.3 is 10.6 Å². The van der Waals surface area contributed by atoms with Crippen molar-refractivity contribution in [1.29, 1.82) is 0 Å². The zero-order valence-corrected chi connectivity index (χ0v) is 19.3. The zero-order valence-electron chi connectivity index (χ0n) is 17.8. The number of halogens is 2. The van der Waals surface area contributed by atoms with Crippen LogP contribution in [0.1, 0.15) is 46.2 Å². The van der Waals surface area contributed by atoms with E-state index in [0.29, 0.717) is 21.3 Å². The van der Waals surface area contributed by atoms with Gasteiger partial charge in [0.1, 0.15) is 5.41 Å². The molecule has 5 rings (SSSR count). The number of amides is 2. The smallest absolute Gasteiger partial charge is 0.238 e. The van der Waals surface area contributed by atoms with Crippen LogP contribution in [0.4, 0.5) is 5.69 Å². The first-order valence-corrected chi connectivity index (χ1v) is 11.3. The molecule has 2 aliphatic heterocycles. The molecular weight excluding hydrogens is 455 g/mol. The molecule has 3 aromatic rings. The summed E-state index contributed by atoms with van der Waals surface area (Å²) in [7, 11) is 0. The summed E-state index contributed by atoms with van der Waals surface area (Å²) in [5.74, 6) is 1.87. The lowest BCUT2D eigenvalue weighted by atomic mass is 9.59. The molecule has 0 radical (unpaired) electrons. The lowest BCUT2D eigenvalue weighted by molar-refractivity contribution is -0.131. The average Bonchev–Trinajstić information content (AvgIpc) is 3.07. The molecule has 1 saturated heterocycles. The van der Waals surface area contributed by atoms with Crippen molar-refractivity contribution in [3.05, 3.63) is 98.5 Å². The van der Waals surface area contributed by atoms with Crippen molar-refractivity contribution in [2.24, 2.45) is 0 Å². The Bertz CT molecular complexity index is 1360. The molecule has 33 heavy (non-hydrogen) atoms. The molecule has 0 saturated carbocycles. The minimum absolute atomic E-state index is 0.139. The van der Waals surface area contributed by atoms with E-state index in [9.17, 15) is 9.59 Å². The fraction of sp³-hybridized carbons (Fsp3) is 0.185. The SMILES string of the molecule is C#Cc1ccc(C)c(C2NC(=O)CC(c3cccc(Cl)c3)C23C(=O)Nc2cc(Cl)ccc23)c1. The molecule has 3 aromatic carbocycles. The van der Waals surface area contributed by atoms with Crippen molar-refractivity contribution in [2.75, 3.05) is 5.32 Å². The van der Waals surface area contributed by atoms with Gasteiger partial charge in [-0.05, 0) is 65.6 Å². The van der Waals surface area contributed by atoms with Crippen molar-refractivity contribution < 1.29 is 9.59 Å². The monoisotopic (exact) mass is 474 g/mol. The van der Waals surface area contributed by atoms with E-state index in [-0.39, 0.29) is 18.2 Å². The Labute approximate surface area is 202 Å². The zero-order chi connectivity index (χ0) is 23.3. The van der Waals surface area contributed by atoms with Crippen LogP contribution in [0.25, 0.3) is 0 Å². The highest BCUT2D eigenvalue weighted by molar-refractivity contribution is 6.31. The lowest BCUT2D eigenvalue weighted by Crippen LogP contribution is -2.57. The van der Waals surface area contributed by atoms with Crippen LogP contribution in [0, 0.1) is 19.3 Å². The maximum absolute atomic E-state index is 14.0. The first kappa shape index (κ1) is 21.6. The fourth-order valence-electron chi connectivity index (χ4n) is 5.31. The van der Waals surface area contributed by atoms with E-state index >= 15 is 0 Å². The summed E-state index contributed by atoms with van der Waals surface area (Å²) in [6, 6.07) is 17.8. The van der Waals surface area contributed by atoms with Gasteiger partial charge in [-0.15, -0.1) is 6.42 Å². The van der Waals surface area contributed by atoms with Crippen LogP contribution in [-0.2, 0) is 15.0 Å². The number of terminal acetylenes is 1. The van der Waals surface area contributed by atoms with Crippen LogP contribution in [0.3, 0.4) is 0 Å². The second-order valence-corrected chi connectivity index (χ2v) is 9.41. The third-order valence-corrected chi connectivity index (χ3v) is 7.23. The first-order chi connectivity index (χ1) is 15.8. The Hall–Kier alpha value is -3.26. The third-order valence-electron chi connectivity index (χ3n) is 6.76. The van der Waals surface area contributed by atoms with Crippen molar-refractivity contribution in [2.45, 2.75) is 30.7 Å². The number of nitrogens with one attached hydrogen (secondary N) is 2. The van der Waals surface area contributed by atoms with Gasteiger partial charge in [0.25, 0.3) is 0 Å². The Balaban J connectivity index is 1.84. The molecule has 4 nitrogen and oxygen atoms in total. The summed E-state index contributed by atoms with van der Waals surface area (Å²) in [5, 5.41) is 7.22. The van der Waals surface area contributed by atoms with Crippen LogP contribution in [-0.4, -0.2) is 11.8 Å². The number of carbonyl (C=O) groups is 2. The summed E-state index contributed by atoms with van der Waals surface area (Å²) in [6.45, 7) is 1.95. The number of carbonyl (C=O) groups excluding carboxylic acids is 2. The standard InChI is InChI=1S/C27H20Cl2N2O2/c1-3-16-8-7-15(2)20(11-16)25-27(21-10-9-19(29)13-23(21)30-26(27)33)22(14-24(32)31-25)17-5-4-6-18(28)12-17/h1,4-13,22,25H,14H2,2H3,(H,30,33)(H,31,32).